The summed E-state index contributed by atoms with van der Waals surface area (Å²) in [4.78, 5) is 3.98. The highest BCUT2D eigenvalue weighted by Crippen LogP contribution is 2.28. The summed E-state index contributed by atoms with van der Waals surface area (Å²) in [6.07, 6.45) is 0. The molecule has 0 aliphatic rings. The highest BCUT2D eigenvalue weighted by molar-refractivity contribution is 6.02. The third-order valence-electron chi connectivity index (χ3n) is 3.82. The number of nitriles is 2. The van der Waals surface area contributed by atoms with Gasteiger partial charge in [-0.1, -0.05) is 24.3 Å². The van der Waals surface area contributed by atoms with Crippen molar-refractivity contribution in [2.45, 2.75) is 0 Å². The molecule has 2 aromatic carbocycles. The molecule has 0 fully saturated rings. The Kier molecular flexibility index (Phi) is 5.24. The van der Waals surface area contributed by atoms with Crippen molar-refractivity contribution in [2.75, 3.05) is 38.0 Å². The third kappa shape index (κ3) is 3.56. The van der Waals surface area contributed by atoms with Crippen molar-refractivity contribution < 1.29 is 0 Å². The first kappa shape index (κ1) is 17.1. The maximum Gasteiger partial charge on any atom is 0.101 e. The first-order valence-electron chi connectivity index (χ1n) is 7.58. The number of anilines is 2. The summed E-state index contributed by atoms with van der Waals surface area (Å²) < 4.78 is 0. The van der Waals surface area contributed by atoms with Crippen molar-refractivity contribution in [1.29, 1.82) is 10.5 Å². The van der Waals surface area contributed by atoms with Crippen LogP contribution in [-0.2, 0) is 0 Å². The summed E-state index contributed by atoms with van der Waals surface area (Å²) >= 11 is 0. The Bertz CT molecular complexity index is 742. The summed E-state index contributed by atoms with van der Waals surface area (Å²) in [6.45, 7) is 0. The van der Waals surface area contributed by atoms with Gasteiger partial charge in [-0.15, -0.1) is 0 Å². The molecular formula is C20H20N4. The predicted octanol–water partition coefficient (Wildman–Crippen LogP) is 3.78. The molecule has 4 nitrogen and oxygen atoms in total. The number of allylic oxidation sites excluding steroid dienone is 2. The van der Waals surface area contributed by atoms with E-state index in [9.17, 15) is 10.5 Å². The number of benzene rings is 2. The Labute approximate surface area is 143 Å². The second-order valence-corrected chi connectivity index (χ2v) is 5.86. The van der Waals surface area contributed by atoms with Crippen LogP contribution in [0.15, 0.2) is 48.5 Å². The first-order valence-corrected chi connectivity index (χ1v) is 7.58. The summed E-state index contributed by atoms with van der Waals surface area (Å²) in [5, 5.41) is 19.2. The molecule has 24 heavy (non-hydrogen) atoms. The number of hydrogen-bond acceptors (Lipinski definition) is 4. The number of nitrogens with zero attached hydrogens (tertiary/aromatic N) is 4. The van der Waals surface area contributed by atoms with Gasteiger partial charge in [0.05, 0.1) is 11.1 Å². The molecule has 0 radical (unpaired) electrons. The molecule has 0 atom stereocenters. The average Bonchev–Trinajstić information content (AvgIpc) is 2.59. The minimum atomic E-state index is 0.389. The van der Waals surface area contributed by atoms with Gasteiger partial charge in [-0.3, -0.25) is 0 Å². The van der Waals surface area contributed by atoms with Gasteiger partial charge in [-0.2, -0.15) is 10.5 Å². The Morgan fingerprint density at radius 2 is 0.917 bits per heavy atom. The largest absolute Gasteiger partial charge is 0.378 e. The van der Waals surface area contributed by atoms with E-state index in [4.69, 9.17) is 0 Å². The van der Waals surface area contributed by atoms with Crippen LogP contribution < -0.4 is 9.80 Å². The van der Waals surface area contributed by atoms with Crippen LogP contribution in [0, 0.1) is 22.7 Å². The zero-order valence-electron chi connectivity index (χ0n) is 14.4. The predicted molar refractivity (Wildman–Crippen MR) is 99.6 cm³/mol. The maximum absolute atomic E-state index is 9.59. The van der Waals surface area contributed by atoms with Crippen molar-refractivity contribution in [1.82, 2.24) is 0 Å². The van der Waals surface area contributed by atoms with Crippen molar-refractivity contribution in [3.8, 4) is 12.1 Å². The van der Waals surface area contributed by atoms with E-state index in [1.165, 1.54) is 0 Å². The molecule has 0 N–H and O–H groups in total. The molecule has 0 aliphatic heterocycles. The van der Waals surface area contributed by atoms with Crippen LogP contribution in [0.1, 0.15) is 11.1 Å². The molecule has 0 heterocycles. The molecule has 0 amide bonds. The lowest BCUT2D eigenvalue weighted by Crippen LogP contribution is -2.08. The van der Waals surface area contributed by atoms with Gasteiger partial charge in [0, 0.05) is 39.6 Å². The monoisotopic (exact) mass is 316 g/mol. The van der Waals surface area contributed by atoms with Crippen LogP contribution in [-0.4, -0.2) is 28.2 Å². The van der Waals surface area contributed by atoms with Crippen molar-refractivity contribution in [2.24, 2.45) is 0 Å². The van der Waals surface area contributed by atoms with E-state index in [-0.39, 0.29) is 0 Å². The molecule has 120 valence electrons. The van der Waals surface area contributed by atoms with E-state index < -0.39 is 0 Å². The SMILES string of the molecule is CN(C)c1ccc(/C(C#N)=C(/C#N)c2ccc(N(C)C)cc2)cc1. The second kappa shape index (κ2) is 7.35. The lowest BCUT2D eigenvalue weighted by Gasteiger charge is -2.14. The van der Waals surface area contributed by atoms with Gasteiger partial charge >= 0.3 is 0 Å². The van der Waals surface area contributed by atoms with Crippen LogP contribution in [0.25, 0.3) is 11.1 Å². The minimum Gasteiger partial charge on any atom is -0.378 e. The Morgan fingerprint density at radius 3 is 1.12 bits per heavy atom. The highest BCUT2D eigenvalue weighted by atomic mass is 15.1. The van der Waals surface area contributed by atoms with E-state index in [0.29, 0.717) is 11.1 Å². The van der Waals surface area contributed by atoms with E-state index in [2.05, 4.69) is 12.1 Å². The van der Waals surface area contributed by atoms with E-state index in [0.717, 1.165) is 22.5 Å². The third-order valence-corrected chi connectivity index (χ3v) is 3.82. The molecule has 4 heteroatoms. The van der Waals surface area contributed by atoms with Gasteiger partial charge in [-0.05, 0) is 35.4 Å². The van der Waals surface area contributed by atoms with Crippen LogP contribution in [0.2, 0.25) is 0 Å². The van der Waals surface area contributed by atoms with Gasteiger partial charge in [0.15, 0.2) is 0 Å². The molecule has 0 unspecified atom stereocenters. The zero-order chi connectivity index (χ0) is 17.7. The molecule has 2 rings (SSSR count). The topological polar surface area (TPSA) is 54.1 Å². The average molecular weight is 316 g/mol. The molecule has 0 spiro atoms. The molecule has 2 aromatic rings. The van der Waals surface area contributed by atoms with Crippen LogP contribution in [0.3, 0.4) is 0 Å². The highest BCUT2D eigenvalue weighted by Gasteiger charge is 2.12. The standard InChI is InChI=1S/C20H20N4/c1-23(2)17-9-5-15(6-10-17)19(13-21)20(14-22)16-7-11-18(12-8-16)24(3)4/h5-12H,1-4H3/b20-19-. The molecule has 0 saturated heterocycles. The van der Waals surface area contributed by atoms with Crippen LogP contribution >= 0.6 is 0 Å². The van der Waals surface area contributed by atoms with E-state index in [1.807, 2.05) is 86.5 Å². The lowest BCUT2D eigenvalue weighted by atomic mass is 9.96. The van der Waals surface area contributed by atoms with Gasteiger partial charge in [0.2, 0.25) is 0 Å². The Hall–Kier alpha value is -3.24. The quantitative estimate of drug-likeness (QED) is 0.636. The molecule has 0 saturated carbocycles. The number of rotatable bonds is 4. The lowest BCUT2D eigenvalue weighted by molar-refractivity contribution is 1.13. The smallest absolute Gasteiger partial charge is 0.101 e. The van der Waals surface area contributed by atoms with Crippen molar-refractivity contribution in [3.05, 3.63) is 59.7 Å². The van der Waals surface area contributed by atoms with Crippen LogP contribution in [0.4, 0.5) is 11.4 Å². The fourth-order valence-corrected chi connectivity index (χ4v) is 2.38. The zero-order valence-corrected chi connectivity index (χ0v) is 14.4. The fourth-order valence-electron chi connectivity index (χ4n) is 2.38. The normalized spacial score (nSPS) is 11.1. The van der Waals surface area contributed by atoms with Crippen LogP contribution in [0.5, 0.6) is 0 Å². The van der Waals surface area contributed by atoms with Crippen molar-refractivity contribution >= 4 is 22.5 Å². The van der Waals surface area contributed by atoms with Crippen molar-refractivity contribution in [3.63, 3.8) is 0 Å². The van der Waals surface area contributed by atoms with E-state index in [1.54, 1.807) is 0 Å². The molecule has 0 aliphatic carbocycles. The molecular weight excluding hydrogens is 296 g/mol. The Morgan fingerprint density at radius 1 is 0.625 bits per heavy atom. The summed E-state index contributed by atoms with van der Waals surface area (Å²) in [5.74, 6) is 0. The summed E-state index contributed by atoms with van der Waals surface area (Å²) in [6, 6.07) is 19.6. The minimum absolute atomic E-state index is 0.389. The van der Waals surface area contributed by atoms with Gasteiger partial charge in [0.1, 0.15) is 12.1 Å². The van der Waals surface area contributed by atoms with Gasteiger partial charge < -0.3 is 9.80 Å². The van der Waals surface area contributed by atoms with Gasteiger partial charge in [0.25, 0.3) is 0 Å². The first-order chi connectivity index (χ1) is 11.5. The maximum atomic E-state index is 9.59. The second-order valence-electron chi connectivity index (χ2n) is 5.86. The molecule has 0 bridgehead atoms. The van der Waals surface area contributed by atoms with Gasteiger partial charge in [-0.25, -0.2) is 0 Å². The Balaban J connectivity index is 2.50. The number of hydrogen-bond donors (Lipinski definition) is 0. The van der Waals surface area contributed by atoms with E-state index >= 15 is 0 Å². The molecule has 0 aromatic heterocycles. The fraction of sp³-hybridized carbons (Fsp3) is 0.200. The summed E-state index contributed by atoms with van der Waals surface area (Å²) in [5.41, 5.74) is 4.36. The summed E-state index contributed by atoms with van der Waals surface area (Å²) in [7, 11) is 7.85.